The Morgan fingerprint density at radius 1 is 0.947 bits per heavy atom. The van der Waals surface area contributed by atoms with Crippen LogP contribution >= 0.6 is 0 Å². The zero-order valence-electron chi connectivity index (χ0n) is 23.1. The number of rotatable bonds is 14. The van der Waals surface area contributed by atoms with Crippen LogP contribution in [-0.4, -0.2) is 62.7 Å². The maximum Gasteiger partial charge on any atom is 0.317 e. The normalized spacial score (nSPS) is 14.7. The molecule has 1 saturated heterocycles. The molecule has 0 radical (unpaired) electrons. The summed E-state index contributed by atoms with van der Waals surface area (Å²) < 4.78 is 31.1. The first-order chi connectivity index (χ1) is 18.3. The first-order valence-electron chi connectivity index (χ1n) is 13.9. The van der Waals surface area contributed by atoms with Gasteiger partial charge < -0.3 is 15.0 Å². The average molecular weight is 545 g/mol. The third-order valence-electron chi connectivity index (χ3n) is 6.79. The van der Waals surface area contributed by atoms with Gasteiger partial charge in [0.2, 0.25) is 10.0 Å². The number of nitrogens with zero attached hydrogens (tertiary/aromatic N) is 2. The van der Waals surface area contributed by atoms with Gasteiger partial charge in [0.15, 0.2) is 0 Å². The number of ether oxygens (including phenoxy) is 1. The molecule has 0 aromatic heterocycles. The molecule has 9 heteroatoms. The Morgan fingerprint density at radius 2 is 1.55 bits per heavy atom. The van der Waals surface area contributed by atoms with Crippen LogP contribution in [0.1, 0.15) is 64.4 Å². The summed E-state index contributed by atoms with van der Waals surface area (Å²) in [5.41, 5.74) is 1.72. The topological polar surface area (TPSA) is 91.0 Å². The van der Waals surface area contributed by atoms with E-state index in [-0.39, 0.29) is 6.03 Å². The summed E-state index contributed by atoms with van der Waals surface area (Å²) in [6, 6.07) is 15.3. The maximum absolute atomic E-state index is 12.9. The van der Waals surface area contributed by atoms with Gasteiger partial charge in [-0.25, -0.2) is 13.2 Å². The van der Waals surface area contributed by atoms with Crippen molar-refractivity contribution in [2.45, 2.75) is 71.4 Å². The lowest BCUT2D eigenvalue weighted by Gasteiger charge is -2.38. The van der Waals surface area contributed by atoms with Crippen molar-refractivity contribution in [3.63, 3.8) is 0 Å². The molecule has 1 aliphatic rings. The van der Waals surface area contributed by atoms with E-state index in [1.165, 1.54) is 5.56 Å². The maximum atomic E-state index is 12.9. The Hall–Kier alpha value is -2.78. The smallest absolute Gasteiger partial charge is 0.317 e. The summed E-state index contributed by atoms with van der Waals surface area (Å²) >= 11 is 0. The molecule has 1 aliphatic heterocycles. The fourth-order valence-electron chi connectivity index (χ4n) is 4.70. The molecule has 38 heavy (non-hydrogen) atoms. The van der Waals surface area contributed by atoms with Crippen molar-refractivity contribution in [2.75, 3.05) is 37.2 Å². The summed E-state index contributed by atoms with van der Waals surface area (Å²) in [6.45, 7) is 8.77. The molecule has 2 N–H and O–H groups in total. The summed E-state index contributed by atoms with van der Waals surface area (Å²) in [7, 11) is -3.30. The molecule has 0 aliphatic carbocycles. The monoisotopic (exact) mass is 544 g/mol. The average Bonchev–Trinajstić information content (AvgIpc) is 2.89. The van der Waals surface area contributed by atoms with E-state index in [2.05, 4.69) is 45.8 Å². The lowest BCUT2D eigenvalue weighted by molar-refractivity contribution is 0.116. The van der Waals surface area contributed by atoms with Gasteiger partial charge in [0, 0.05) is 44.5 Å². The number of piperidine rings is 1. The van der Waals surface area contributed by atoms with E-state index in [0.717, 1.165) is 89.7 Å². The number of carbonyl (C=O) groups is 1. The van der Waals surface area contributed by atoms with Crippen LogP contribution in [0.4, 0.5) is 10.5 Å². The van der Waals surface area contributed by atoms with Crippen LogP contribution in [0.15, 0.2) is 48.5 Å². The van der Waals surface area contributed by atoms with Gasteiger partial charge >= 0.3 is 6.03 Å². The van der Waals surface area contributed by atoms with Crippen LogP contribution < -0.4 is 14.8 Å². The minimum absolute atomic E-state index is 0.102. The zero-order chi connectivity index (χ0) is 27.4. The Bertz CT molecular complexity index is 1080. The first kappa shape index (κ1) is 29.8. The van der Waals surface area contributed by atoms with E-state index in [1.54, 1.807) is 24.3 Å². The van der Waals surface area contributed by atoms with Gasteiger partial charge in [-0.05, 0) is 67.6 Å². The lowest BCUT2D eigenvalue weighted by atomic mass is 10.0. The number of urea groups is 1. The van der Waals surface area contributed by atoms with Crippen LogP contribution in [0.25, 0.3) is 0 Å². The number of unbranched alkanes of at least 4 members (excludes halogenated alkanes) is 3. The molecule has 0 saturated carbocycles. The summed E-state index contributed by atoms with van der Waals surface area (Å²) in [5, 5.41) is 3.14. The zero-order valence-corrected chi connectivity index (χ0v) is 23.9. The summed E-state index contributed by atoms with van der Waals surface area (Å²) in [4.78, 5) is 17.4. The molecule has 210 valence electrons. The highest BCUT2D eigenvalue weighted by Crippen LogP contribution is 2.25. The number of likely N-dealkylation sites (tertiary alicyclic amines) is 1. The van der Waals surface area contributed by atoms with Gasteiger partial charge in [0.1, 0.15) is 11.5 Å². The molecule has 2 aromatic rings. The van der Waals surface area contributed by atoms with Crippen molar-refractivity contribution in [3.8, 4) is 11.5 Å². The van der Waals surface area contributed by atoms with Gasteiger partial charge in [0.05, 0.1) is 6.26 Å². The fourth-order valence-corrected chi connectivity index (χ4v) is 5.27. The third-order valence-corrected chi connectivity index (χ3v) is 7.40. The molecule has 0 unspecified atom stereocenters. The van der Waals surface area contributed by atoms with Gasteiger partial charge in [-0.15, -0.1) is 0 Å². The van der Waals surface area contributed by atoms with Crippen LogP contribution in [-0.2, 0) is 16.6 Å². The van der Waals surface area contributed by atoms with Gasteiger partial charge in [0.25, 0.3) is 0 Å². The van der Waals surface area contributed by atoms with Crippen LogP contribution in [0.3, 0.4) is 0 Å². The Kier molecular flexibility index (Phi) is 11.7. The Balaban J connectivity index is 1.47. The van der Waals surface area contributed by atoms with Crippen molar-refractivity contribution in [1.29, 1.82) is 0 Å². The van der Waals surface area contributed by atoms with E-state index < -0.39 is 10.0 Å². The summed E-state index contributed by atoms with van der Waals surface area (Å²) in [5.74, 6) is 1.37. The van der Waals surface area contributed by atoms with Crippen molar-refractivity contribution < 1.29 is 17.9 Å². The predicted molar refractivity (Wildman–Crippen MR) is 154 cm³/mol. The number of amides is 2. The highest BCUT2D eigenvalue weighted by atomic mass is 32.2. The second kappa shape index (κ2) is 15.0. The molecule has 0 atom stereocenters. The molecular formula is C29H44N4O4S. The number of hydrogen-bond acceptors (Lipinski definition) is 5. The quantitative estimate of drug-likeness (QED) is 0.293. The number of sulfonamides is 1. The molecule has 0 bridgehead atoms. The summed E-state index contributed by atoms with van der Waals surface area (Å²) in [6.07, 6.45) is 8.60. The molecule has 2 amide bonds. The van der Waals surface area contributed by atoms with Crippen LogP contribution in [0.2, 0.25) is 0 Å². The minimum atomic E-state index is -3.30. The molecule has 3 rings (SSSR count). The number of anilines is 1. The highest BCUT2D eigenvalue weighted by molar-refractivity contribution is 7.92. The second-order valence-corrected chi connectivity index (χ2v) is 11.9. The van der Waals surface area contributed by atoms with E-state index in [0.29, 0.717) is 17.5 Å². The van der Waals surface area contributed by atoms with Gasteiger partial charge in [-0.2, -0.15) is 0 Å². The number of nitrogens with one attached hydrogen (secondary N) is 2. The molecule has 8 nitrogen and oxygen atoms in total. The van der Waals surface area contributed by atoms with Crippen molar-refractivity contribution in [2.24, 2.45) is 0 Å². The van der Waals surface area contributed by atoms with Crippen molar-refractivity contribution in [3.05, 3.63) is 54.1 Å². The molecule has 0 spiro atoms. The predicted octanol–water partition coefficient (Wildman–Crippen LogP) is 5.82. The van der Waals surface area contributed by atoms with E-state index in [9.17, 15) is 13.2 Å². The minimum Gasteiger partial charge on any atom is -0.457 e. The molecular weight excluding hydrogens is 500 g/mol. The van der Waals surface area contributed by atoms with Crippen LogP contribution in [0.5, 0.6) is 11.5 Å². The molecule has 1 fully saturated rings. The van der Waals surface area contributed by atoms with E-state index >= 15 is 0 Å². The van der Waals surface area contributed by atoms with Crippen molar-refractivity contribution in [1.82, 2.24) is 15.1 Å². The molecule has 1 heterocycles. The van der Waals surface area contributed by atoms with E-state index in [1.807, 2.05) is 12.1 Å². The number of carbonyl (C=O) groups excluding carboxylic acids is 1. The van der Waals surface area contributed by atoms with E-state index in [4.69, 9.17) is 4.74 Å². The lowest BCUT2D eigenvalue weighted by Crippen LogP contribution is -2.51. The standard InChI is InChI=1S/C29H44N4O4S/c1-4-6-8-19-30-29(34)33(20-7-5-2)26-17-21-32(22-18-26)23-24-9-13-27(14-10-24)37-28-15-11-25(12-16-28)31-38(3,35)36/h9-16,26,31H,4-8,17-23H2,1-3H3,(H,30,34). The first-order valence-corrected chi connectivity index (χ1v) is 15.8. The second-order valence-electron chi connectivity index (χ2n) is 10.1. The third kappa shape index (κ3) is 10.2. The molecule has 2 aromatic carbocycles. The van der Waals surface area contributed by atoms with Gasteiger partial charge in [-0.1, -0.05) is 45.2 Å². The largest absolute Gasteiger partial charge is 0.457 e. The Labute approximate surface area is 228 Å². The van der Waals surface area contributed by atoms with Gasteiger partial charge in [-0.3, -0.25) is 9.62 Å². The Morgan fingerprint density at radius 3 is 2.13 bits per heavy atom. The number of benzene rings is 2. The highest BCUT2D eigenvalue weighted by Gasteiger charge is 2.27. The van der Waals surface area contributed by atoms with Crippen molar-refractivity contribution >= 4 is 21.7 Å². The van der Waals surface area contributed by atoms with Crippen LogP contribution in [0, 0.1) is 0 Å². The fraction of sp³-hybridized carbons (Fsp3) is 0.552. The number of hydrogen-bond donors (Lipinski definition) is 2. The SMILES string of the molecule is CCCCCNC(=O)N(CCCC)C1CCN(Cc2ccc(Oc3ccc(NS(C)(=O)=O)cc3)cc2)CC1.